The summed E-state index contributed by atoms with van der Waals surface area (Å²) in [4.78, 5) is 13.0. The lowest BCUT2D eigenvalue weighted by molar-refractivity contribution is 0.107. The van der Waals surface area contributed by atoms with Gasteiger partial charge in [0.25, 0.3) is 0 Å². The van der Waals surface area contributed by atoms with E-state index in [9.17, 15) is 10.1 Å². The second kappa shape index (κ2) is 5.64. The number of Topliss-reactive ketones (excluding diaryl/α,β-unsaturated/α-hetero) is 1. The van der Waals surface area contributed by atoms with Crippen LogP contribution in [0.3, 0.4) is 0 Å². The van der Waals surface area contributed by atoms with Gasteiger partial charge in [-0.1, -0.05) is 84.9 Å². The summed E-state index contributed by atoms with van der Waals surface area (Å²) in [5.74, 6) is -0.130. The van der Waals surface area contributed by atoms with Gasteiger partial charge in [0.05, 0.1) is 0 Å². The van der Waals surface area contributed by atoms with Crippen LogP contribution in [0.2, 0.25) is 0 Å². The summed E-state index contributed by atoms with van der Waals surface area (Å²) < 4.78 is 0. The standard InChI is InChI=1S/C21H14NOP/c22-15-20-21(23)18-13-7-8-14-19(18)24(20,16-9-3-1-4-10-16)17-11-5-2-6-12-17/h1-14H. The third kappa shape index (κ3) is 1.86. The summed E-state index contributed by atoms with van der Waals surface area (Å²) in [6.45, 7) is -2.40. The molecule has 0 spiro atoms. The van der Waals surface area contributed by atoms with Crippen molar-refractivity contribution in [3.63, 3.8) is 0 Å². The SMILES string of the molecule is N#CC1=P(c2ccccc2)(c2ccccc2)c2ccccc2C1=O. The third-order valence-corrected chi connectivity index (χ3v) is 8.69. The fraction of sp³-hybridized carbons (Fsp3) is 0. The van der Waals surface area contributed by atoms with E-state index in [1.165, 1.54) is 0 Å². The first-order valence-electron chi connectivity index (χ1n) is 7.72. The molecule has 0 amide bonds. The van der Waals surface area contributed by atoms with Gasteiger partial charge in [-0.3, -0.25) is 4.79 Å². The van der Waals surface area contributed by atoms with E-state index in [0.717, 1.165) is 15.9 Å². The zero-order valence-corrected chi connectivity index (χ0v) is 13.8. The molecule has 3 heteroatoms. The Morgan fingerprint density at radius 1 is 0.708 bits per heavy atom. The van der Waals surface area contributed by atoms with Crippen LogP contribution in [0.25, 0.3) is 0 Å². The molecule has 0 unspecified atom stereocenters. The van der Waals surface area contributed by atoms with Crippen LogP contribution < -0.4 is 15.9 Å². The van der Waals surface area contributed by atoms with Gasteiger partial charge in [-0.05, 0) is 22.8 Å². The Labute approximate surface area is 141 Å². The lowest BCUT2D eigenvalue weighted by Gasteiger charge is -2.26. The van der Waals surface area contributed by atoms with Gasteiger partial charge in [-0.2, -0.15) is 5.26 Å². The maximum Gasteiger partial charge on any atom is 0.205 e. The first kappa shape index (κ1) is 14.7. The second-order valence-corrected chi connectivity index (χ2v) is 8.95. The Bertz CT molecular complexity index is 987. The lowest BCUT2D eigenvalue weighted by atomic mass is 10.1. The van der Waals surface area contributed by atoms with Crippen LogP contribution in [0.4, 0.5) is 0 Å². The molecular weight excluding hydrogens is 313 g/mol. The van der Waals surface area contributed by atoms with Crippen LogP contribution >= 0.6 is 6.89 Å². The molecule has 2 nitrogen and oxygen atoms in total. The van der Waals surface area contributed by atoms with Crippen LogP contribution in [0.5, 0.6) is 0 Å². The van der Waals surface area contributed by atoms with Gasteiger partial charge >= 0.3 is 0 Å². The fourth-order valence-electron chi connectivity index (χ4n) is 3.47. The fourth-order valence-corrected chi connectivity index (χ4v) is 7.75. The monoisotopic (exact) mass is 327 g/mol. The molecule has 24 heavy (non-hydrogen) atoms. The molecule has 0 radical (unpaired) electrons. The summed E-state index contributed by atoms with van der Waals surface area (Å²) in [5, 5.41) is 13.3. The molecule has 0 aromatic heterocycles. The van der Waals surface area contributed by atoms with Gasteiger partial charge < -0.3 is 0 Å². The van der Waals surface area contributed by atoms with Crippen LogP contribution in [0, 0.1) is 11.3 Å². The maximum absolute atomic E-state index is 13.0. The van der Waals surface area contributed by atoms with Crippen LogP contribution in [0.15, 0.2) is 84.9 Å². The molecule has 0 fully saturated rings. The highest BCUT2D eigenvalue weighted by Crippen LogP contribution is 2.50. The highest BCUT2D eigenvalue weighted by molar-refractivity contribution is 7.98. The van der Waals surface area contributed by atoms with Crippen molar-refractivity contribution in [2.45, 2.75) is 0 Å². The predicted molar refractivity (Wildman–Crippen MR) is 100 cm³/mol. The largest absolute Gasteiger partial charge is 0.288 e. The molecule has 4 rings (SSSR count). The van der Waals surface area contributed by atoms with Gasteiger partial charge in [0, 0.05) is 5.56 Å². The van der Waals surface area contributed by atoms with Crippen molar-refractivity contribution in [2.75, 3.05) is 0 Å². The number of fused-ring (bicyclic) bond motifs is 1. The van der Waals surface area contributed by atoms with Gasteiger partial charge in [0.1, 0.15) is 11.4 Å². The third-order valence-electron chi connectivity index (χ3n) is 4.45. The molecule has 3 aromatic rings. The number of carbonyl (C=O) groups is 1. The number of hydrogen-bond acceptors (Lipinski definition) is 2. The van der Waals surface area contributed by atoms with Crippen molar-refractivity contribution in [1.29, 1.82) is 5.26 Å². The van der Waals surface area contributed by atoms with Crippen molar-refractivity contribution in [3.05, 3.63) is 90.5 Å². The molecule has 0 aliphatic carbocycles. The average Bonchev–Trinajstić information content (AvgIpc) is 2.92. The van der Waals surface area contributed by atoms with Crippen molar-refractivity contribution in [1.82, 2.24) is 0 Å². The summed E-state index contributed by atoms with van der Waals surface area (Å²) in [7, 11) is 0. The maximum atomic E-state index is 13.0. The topological polar surface area (TPSA) is 40.9 Å². The van der Waals surface area contributed by atoms with Crippen LogP contribution in [-0.4, -0.2) is 11.1 Å². The van der Waals surface area contributed by atoms with E-state index in [1.807, 2.05) is 84.9 Å². The highest BCUT2D eigenvalue weighted by Gasteiger charge is 2.41. The predicted octanol–water partition coefficient (Wildman–Crippen LogP) is 2.87. The summed E-state index contributed by atoms with van der Waals surface area (Å²) in [5.41, 5.74) is 0.662. The second-order valence-electron chi connectivity index (χ2n) is 5.65. The Balaban J connectivity index is 2.26. The molecule has 1 heterocycles. The van der Waals surface area contributed by atoms with Crippen molar-refractivity contribution in [2.24, 2.45) is 0 Å². The molecule has 0 bridgehead atoms. The van der Waals surface area contributed by atoms with E-state index in [4.69, 9.17) is 0 Å². The Kier molecular flexibility index (Phi) is 3.45. The normalized spacial score (nSPS) is 15.0. The number of rotatable bonds is 2. The zero-order chi connectivity index (χ0) is 16.6. The first-order chi connectivity index (χ1) is 11.8. The van der Waals surface area contributed by atoms with E-state index in [2.05, 4.69) is 6.07 Å². The molecule has 0 N–H and O–H groups in total. The lowest BCUT2D eigenvalue weighted by Crippen LogP contribution is -2.27. The number of nitriles is 1. The summed E-state index contributed by atoms with van der Waals surface area (Å²) in [6, 6.07) is 29.9. The number of hydrogen-bond donors (Lipinski definition) is 0. The first-order valence-corrected chi connectivity index (χ1v) is 9.51. The van der Waals surface area contributed by atoms with E-state index >= 15 is 0 Å². The Hall–Kier alpha value is -2.88. The molecule has 0 saturated heterocycles. The quantitative estimate of drug-likeness (QED) is 0.679. The van der Waals surface area contributed by atoms with E-state index in [1.54, 1.807) is 0 Å². The minimum Gasteiger partial charge on any atom is -0.288 e. The minimum atomic E-state index is -2.40. The molecule has 3 aromatic carbocycles. The van der Waals surface area contributed by atoms with Crippen LogP contribution in [-0.2, 0) is 0 Å². The van der Waals surface area contributed by atoms with Gasteiger partial charge in [-0.15, -0.1) is 0 Å². The average molecular weight is 327 g/mol. The highest BCUT2D eigenvalue weighted by atomic mass is 31.2. The molecule has 114 valence electrons. The number of nitrogens with zero attached hydrogens (tertiary/aromatic N) is 1. The molecule has 1 aliphatic heterocycles. The van der Waals surface area contributed by atoms with Crippen molar-refractivity contribution >= 4 is 33.9 Å². The van der Waals surface area contributed by atoms with Gasteiger partial charge in [0.2, 0.25) is 5.78 Å². The number of benzene rings is 3. The number of carbonyl (C=O) groups excluding carboxylic acids is 1. The molecule has 0 atom stereocenters. The molecule has 0 saturated carbocycles. The minimum absolute atomic E-state index is 0.130. The number of ketones is 1. The van der Waals surface area contributed by atoms with E-state index < -0.39 is 6.89 Å². The molecule has 1 aliphatic rings. The van der Waals surface area contributed by atoms with Gasteiger partial charge in [-0.25, -0.2) is 0 Å². The van der Waals surface area contributed by atoms with Crippen molar-refractivity contribution in [3.8, 4) is 6.07 Å². The summed E-state index contributed by atoms with van der Waals surface area (Å²) in [6.07, 6.45) is 0. The van der Waals surface area contributed by atoms with E-state index in [-0.39, 0.29) is 5.78 Å². The van der Waals surface area contributed by atoms with Crippen LogP contribution in [0.1, 0.15) is 10.4 Å². The Morgan fingerprint density at radius 2 is 1.21 bits per heavy atom. The van der Waals surface area contributed by atoms with E-state index in [0.29, 0.717) is 10.9 Å². The molecular formula is C21H14NOP. The smallest absolute Gasteiger partial charge is 0.205 e. The Morgan fingerprint density at radius 3 is 1.75 bits per heavy atom. The van der Waals surface area contributed by atoms with Gasteiger partial charge in [0.15, 0.2) is 0 Å². The zero-order valence-electron chi connectivity index (χ0n) is 12.9. The van der Waals surface area contributed by atoms with Crippen molar-refractivity contribution < 1.29 is 4.79 Å². The summed E-state index contributed by atoms with van der Waals surface area (Å²) >= 11 is 0.